The van der Waals surface area contributed by atoms with Crippen molar-refractivity contribution in [3.63, 3.8) is 0 Å². The summed E-state index contributed by atoms with van der Waals surface area (Å²) in [4.78, 5) is 18.1. The van der Waals surface area contributed by atoms with Crippen LogP contribution in [0.15, 0.2) is 67.3 Å². The van der Waals surface area contributed by atoms with E-state index < -0.39 is 5.82 Å². The number of nitrogens with zero attached hydrogens (tertiary/aromatic N) is 7. The standard InChI is InChI=1S/C22H20FN7O2/c23-17-4-5-20(21(14-17)30-26-8-9-27-30)22(31)28-10-11-32-15-19(28)13-16-2-1-3-18(12-16)29-24-6-7-25-29/h1-9,12,14,19H,10-11,13,15H2. The number of ether oxygens (including phenoxy) is 1. The molecule has 1 atom stereocenters. The van der Waals surface area contributed by atoms with Gasteiger partial charge >= 0.3 is 0 Å². The second-order valence-electron chi connectivity index (χ2n) is 7.40. The third kappa shape index (κ3) is 4.00. The summed E-state index contributed by atoms with van der Waals surface area (Å²) in [5.74, 6) is -0.674. The van der Waals surface area contributed by atoms with E-state index >= 15 is 0 Å². The predicted molar refractivity (Wildman–Crippen MR) is 112 cm³/mol. The molecule has 32 heavy (non-hydrogen) atoms. The number of aromatic nitrogens is 6. The predicted octanol–water partition coefficient (Wildman–Crippen LogP) is 2.07. The number of benzene rings is 2. The molecule has 2 aromatic carbocycles. The molecule has 4 aromatic rings. The van der Waals surface area contributed by atoms with Crippen molar-refractivity contribution in [1.29, 1.82) is 0 Å². The van der Waals surface area contributed by atoms with E-state index in [0.717, 1.165) is 11.3 Å². The summed E-state index contributed by atoms with van der Waals surface area (Å²) in [6.45, 7) is 1.29. The van der Waals surface area contributed by atoms with Crippen LogP contribution in [0.25, 0.3) is 11.4 Å². The highest BCUT2D eigenvalue weighted by Gasteiger charge is 2.30. The van der Waals surface area contributed by atoms with E-state index in [9.17, 15) is 9.18 Å². The normalized spacial score (nSPS) is 16.3. The maximum absolute atomic E-state index is 13.9. The molecule has 2 aromatic heterocycles. The minimum absolute atomic E-state index is 0.180. The average Bonchev–Trinajstić information content (AvgIpc) is 3.54. The van der Waals surface area contributed by atoms with Crippen molar-refractivity contribution < 1.29 is 13.9 Å². The van der Waals surface area contributed by atoms with E-state index in [1.54, 1.807) is 22.1 Å². The van der Waals surface area contributed by atoms with Crippen molar-refractivity contribution in [2.24, 2.45) is 0 Å². The first kappa shape index (κ1) is 20.0. The van der Waals surface area contributed by atoms with Gasteiger partial charge in [-0.05, 0) is 36.2 Å². The van der Waals surface area contributed by atoms with Gasteiger partial charge in [0, 0.05) is 12.6 Å². The number of hydrogen-bond donors (Lipinski definition) is 0. The van der Waals surface area contributed by atoms with Crippen LogP contribution >= 0.6 is 0 Å². The number of carbonyl (C=O) groups is 1. The Morgan fingerprint density at radius 2 is 1.75 bits per heavy atom. The Morgan fingerprint density at radius 3 is 2.53 bits per heavy atom. The summed E-state index contributed by atoms with van der Waals surface area (Å²) in [6.07, 6.45) is 6.81. The Morgan fingerprint density at radius 1 is 1.00 bits per heavy atom. The zero-order valence-corrected chi connectivity index (χ0v) is 17.1. The van der Waals surface area contributed by atoms with Gasteiger partial charge < -0.3 is 9.64 Å². The highest BCUT2D eigenvalue weighted by molar-refractivity contribution is 5.98. The summed E-state index contributed by atoms with van der Waals surface area (Å²) >= 11 is 0. The van der Waals surface area contributed by atoms with Crippen molar-refractivity contribution in [3.05, 3.63) is 84.2 Å². The zero-order chi connectivity index (χ0) is 21.9. The third-order valence-electron chi connectivity index (χ3n) is 5.34. The topological polar surface area (TPSA) is 91.0 Å². The maximum Gasteiger partial charge on any atom is 0.256 e. The number of amides is 1. The van der Waals surface area contributed by atoms with Crippen LogP contribution in [0.2, 0.25) is 0 Å². The van der Waals surface area contributed by atoms with E-state index in [-0.39, 0.29) is 11.9 Å². The first-order valence-corrected chi connectivity index (χ1v) is 10.2. The van der Waals surface area contributed by atoms with Gasteiger partial charge in [0.05, 0.1) is 55.3 Å². The third-order valence-corrected chi connectivity index (χ3v) is 5.34. The van der Waals surface area contributed by atoms with Gasteiger partial charge in [-0.3, -0.25) is 4.79 Å². The van der Waals surface area contributed by atoms with Crippen molar-refractivity contribution >= 4 is 5.91 Å². The van der Waals surface area contributed by atoms with E-state index in [1.807, 2.05) is 24.3 Å². The number of morpholine rings is 1. The fraction of sp³-hybridized carbons (Fsp3) is 0.227. The van der Waals surface area contributed by atoms with Gasteiger partial charge in [0.15, 0.2) is 0 Å². The molecule has 162 valence electrons. The second kappa shape index (κ2) is 8.67. The van der Waals surface area contributed by atoms with E-state index in [1.165, 1.54) is 35.4 Å². The number of hydrogen-bond acceptors (Lipinski definition) is 6. The molecule has 0 radical (unpaired) electrons. The van der Waals surface area contributed by atoms with Crippen LogP contribution in [0.1, 0.15) is 15.9 Å². The van der Waals surface area contributed by atoms with Crippen LogP contribution in [0.4, 0.5) is 4.39 Å². The smallest absolute Gasteiger partial charge is 0.256 e. The lowest BCUT2D eigenvalue weighted by molar-refractivity contribution is -0.00165. The van der Waals surface area contributed by atoms with Crippen LogP contribution in [0, 0.1) is 5.82 Å². The van der Waals surface area contributed by atoms with Gasteiger partial charge in [-0.2, -0.15) is 30.0 Å². The summed E-state index contributed by atoms with van der Waals surface area (Å²) in [7, 11) is 0. The first-order chi connectivity index (χ1) is 15.7. The van der Waals surface area contributed by atoms with Crippen LogP contribution in [-0.4, -0.2) is 66.6 Å². The fourth-order valence-electron chi connectivity index (χ4n) is 3.87. The van der Waals surface area contributed by atoms with Gasteiger partial charge in [-0.25, -0.2) is 4.39 Å². The molecule has 1 aliphatic rings. The van der Waals surface area contributed by atoms with Crippen LogP contribution in [0.3, 0.4) is 0 Å². The Balaban J connectivity index is 1.42. The minimum Gasteiger partial charge on any atom is -0.377 e. The quantitative estimate of drug-likeness (QED) is 0.479. The van der Waals surface area contributed by atoms with Gasteiger partial charge in [-0.1, -0.05) is 12.1 Å². The van der Waals surface area contributed by atoms with Gasteiger partial charge in [-0.15, -0.1) is 0 Å². The largest absolute Gasteiger partial charge is 0.377 e. The fourth-order valence-corrected chi connectivity index (χ4v) is 3.87. The molecule has 1 unspecified atom stereocenters. The molecule has 0 spiro atoms. The van der Waals surface area contributed by atoms with Crippen LogP contribution in [0.5, 0.6) is 0 Å². The molecule has 1 saturated heterocycles. The van der Waals surface area contributed by atoms with Crippen molar-refractivity contribution in [3.8, 4) is 11.4 Å². The summed E-state index contributed by atoms with van der Waals surface area (Å²) in [6, 6.07) is 11.7. The molecular weight excluding hydrogens is 413 g/mol. The number of carbonyl (C=O) groups excluding carboxylic acids is 1. The molecule has 1 amide bonds. The van der Waals surface area contributed by atoms with Crippen LogP contribution < -0.4 is 0 Å². The Kier molecular flexibility index (Phi) is 5.42. The van der Waals surface area contributed by atoms with Gasteiger partial charge in [0.2, 0.25) is 0 Å². The molecule has 1 aliphatic heterocycles. The molecule has 0 saturated carbocycles. The SMILES string of the molecule is O=C(c1ccc(F)cc1-n1nccn1)N1CCOCC1Cc1cccc(-n2nccn2)c1. The number of halogens is 1. The van der Waals surface area contributed by atoms with E-state index in [4.69, 9.17) is 4.74 Å². The van der Waals surface area contributed by atoms with E-state index in [0.29, 0.717) is 37.4 Å². The number of rotatable bonds is 5. The molecule has 1 fully saturated rings. The second-order valence-corrected chi connectivity index (χ2v) is 7.40. The lowest BCUT2D eigenvalue weighted by atomic mass is 10.0. The molecule has 0 N–H and O–H groups in total. The summed E-state index contributed by atoms with van der Waals surface area (Å²) in [5, 5.41) is 16.5. The molecule has 5 rings (SSSR count). The van der Waals surface area contributed by atoms with E-state index in [2.05, 4.69) is 20.4 Å². The summed E-state index contributed by atoms with van der Waals surface area (Å²) in [5.41, 5.74) is 2.51. The van der Waals surface area contributed by atoms with Crippen LogP contribution in [-0.2, 0) is 11.2 Å². The van der Waals surface area contributed by atoms with Crippen molar-refractivity contribution in [2.45, 2.75) is 12.5 Å². The molecule has 3 heterocycles. The zero-order valence-electron chi connectivity index (χ0n) is 17.1. The van der Waals surface area contributed by atoms with Crippen molar-refractivity contribution in [1.82, 2.24) is 34.9 Å². The Labute approximate surface area is 183 Å². The minimum atomic E-state index is -0.462. The molecular formula is C22H20FN7O2. The summed E-state index contributed by atoms with van der Waals surface area (Å²) < 4.78 is 19.6. The lowest BCUT2D eigenvalue weighted by Gasteiger charge is -2.36. The molecule has 0 aliphatic carbocycles. The van der Waals surface area contributed by atoms with Gasteiger partial charge in [0.25, 0.3) is 5.91 Å². The lowest BCUT2D eigenvalue weighted by Crippen LogP contribution is -2.50. The first-order valence-electron chi connectivity index (χ1n) is 10.2. The monoisotopic (exact) mass is 433 g/mol. The average molecular weight is 433 g/mol. The molecule has 0 bridgehead atoms. The highest BCUT2D eigenvalue weighted by Crippen LogP contribution is 2.22. The Bertz CT molecular complexity index is 1210. The van der Waals surface area contributed by atoms with Gasteiger partial charge in [0.1, 0.15) is 11.5 Å². The Hall–Kier alpha value is -3.92. The maximum atomic E-state index is 13.9. The highest BCUT2D eigenvalue weighted by atomic mass is 19.1. The molecule has 10 heteroatoms. The van der Waals surface area contributed by atoms with Crippen molar-refractivity contribution in [2.75, 3.05) is 19.8 Å². The molecule has 9 nitrogen and oxygen atoms in total.